The summed E-state index contributed by atoms with van der Waals surface area (Å²) in [6.45, 7) is 6.16. The van der Waals surface area contributed by atoms with Crippen LogP contribution in [-0.4, -0.2) is 23.9 Å². The molecule has 0 radical (unpaired) electrons. The van der Waals surface area contributed by atoms with Gasteiger partial charge in [-0.25, -0.2) is 0 Å². The SMILES string of the molecule is Cc1ccc(C)c2c1OC[C@@](C)(CO)O2. The Morgan fingerprint density at radius 2 is 1.87 bits per heavy atom. The predicted molar refractivity (Wildman–Crippen MR) is 57.5 cm³/mol. The van der Waals surface area contributed by atoms with Crippen LogP contribution in [0.15, 0.2) is 12.1 Å². The lowest BCUT2D eigenvalue weighted by molar-refractivity contribution is -0.0345. The molecular formula is C12H16O3. The summed E-state index contributed by atoms with van der Waals surface area (Å²) >= 11 is 0. The highest BCUT2D eigenvalue weighted by Gasteiger charge is 2.33. The topological polar surface area (TPSA) is 38.7 Å². The second-order valence-electron chi connectivity index (χ2n) is 4.36. The lowest BCUT2D eigenvalue weighted by Gasteiger charge is -2.35. The van der Waals surface area contributed by atoms with Gasteiger partial charge in [0, 0.05) is 0 Å². The third kappa shape index (κ3) is 1.67. The molecule has 2 rings (SSSR count). The van der Waals surface area contributed by atoms with Crippen molar-refractivity contribution in [3.8, 4) is 11.5 Å². The summed E-state index contributed by atoms with van der Waals surface area (Å²) in [6, 6.07) is 4.01. The number of hydrogen-bond donors (Lipinski definition) is 1. The number of fused-ring (bicyclic) bond motifs is 1. The number of benzene rings is 1. The molecule has 1 aliphatic heterocycles. The molecule has 0 aromatic heterocycles. The molecule has 3 nitrogen and oxygen atoms in total. The fourth-order valence-corrected chi connectivity index (χ4v) is 1.64. The Morgan fingerprint density at radius 1 is 1.27 bits per heavy atom. The van der Waals surface area contributed by atoms with Crippen LogP contribution in [0, 0.1) is 13.8 Å². The molecule has 1 atom stereocenters. The van der Waals surface area contributed by atoms with Crippen molar-refractivity contribution in [1.29, 1.82) is 0 Å². The number of ether oxygens (including phenoxy) is 2. The van der Waals surface area contributed by atoms with Crippen LogP contribution in [0.1, 0.15) is 18.1 Å². The van der Waals surface area contributed by atoms with Crippen molar-refractivity contribution >= 4 is 0 Å². The van der Waals surface area contributed by atoms with E-state index in [2.05, 4.69) is 0 Å². The highest BCUT2D eigenvalue weighted by atomic mass is 16.6. The minimum absolute atomic E-state index is 0.0418. The summed E-state index contributed by atoms with van der Waals surface area (Å²) in [4.78, 5) is 0. The van der Waals surface area contributed by atoms with Crippen LogP contribution < -0.4 is 9.47 Å². The summed E-state index contributed by atoms with van der Waals surface area (Å²) in [5.74, 6) is 1.57. The van der Waals surface area contributed by atoms with Gasteiger partial charge in [0.05, 0.1) is 6.61 Å². The Hall–Kier alpha value is -1.22. The van der Waals surface area contributed by atoms with Crippen LogP contribution in [0.5, 0.6) is 11.5 Å². The molecule has 0 bridgehead atoms. The Labute approximate surface area is 89.6 Å². The molecule has 0 saturated heterocycles. The van der Waals surface area contributed by atoms with E-state index >= 15 is 0 Å². The molecule has 0 unspecified atom stereocenters. The summed E-state index contributed by atoms with van der Waals surface area (Å²) in [5.41, 5.74) is 1.48. The van der Waals surface area contributed by atoms with E-state index in [1.54, 1.807) is 0 Å². The normalized spacial score (nSPS) is 24.0. The fraction of sp³-hybridized carbons (Fsp3) is 0.500. The zero-order chi connectivity index (χ0) is 11.1. The lowest BCUT2D eigenvalue weighted by atomic mass is 10.1. The number of hydrogen-bond acceptors (Lipinski definition) is 3. The Bertz CT molecular complexity index is 387. The van der Waals surface area contributed by atoms with Gasteiger partial charge in [0.15, 0.2) is 17.1 Å². The van der Waals surface area contributed by atoms with Gasteiger partial charge < -0.3 is 14.6 Å². The molecule has 1 aliphatic rings. The Balaban J connectivity index is 2.45. The second-order valence-corrected chi connectivity index (χ2v) is 4.36. The van der Waals surface area contributed by atoms with E-state index in [-0.39, 0.29) is 6.61 Å². The van der Waals surface area contributed by atoms with Gasteiger partial charge in [-0.3, -0.25) is 0 Å². The highest BCUT2D eigenvalue weighted by Crippen LogP contribution is 2.40. The lowest BCUT2D eigenvalue weighted by Crippen LogP contribution is -2.45. The van der Waals surface area contributed by atoms with E-state index in [0.29, 0.717) is 6.61 Å². The summed E-state index contributed by atoms with van der Waals surface area (Å²) in [7, 11) is 0. The van der Waals surface area contributed by atoms with Gasteiger partial charge in [-0.2, -0.15) is 0 Å². The molecule has 1 aromatic carbocycles. The van der Waals surface area contributed by atoms with Crippen molar-refractivity contribution in [2.24, 2.45) is 0 Å². The molecule has 15 heavy (non-hydrogen) atoms. The molecular weight excluding hydrogens is 192 g/mol. The van der Waals surface area contributed by atoms with Crippen LogP contribution in [-0.2, 0) is 0 Å². The van der Waals surface area contributed by atoms with Crippen molar-refractivity contribution < 1.29 is 14.6 Å². The van der Waals surface area contributed by atoms with E-state index in [1.807, 2.05) is 32.9 Å². The van der Waals surface area contributed by atoms with Crippen molar-refractivity contribution in [1.82, 2.24) is 0 Å². The van der Waals surface area contributed by atoms with Crippen molar-refractivity contribution in [2.45, 2.75) is 26.4 Å². The highest BCUT2D eigenvalue weighted by molar-refractivity contribution is 5.52. The molecule has 0 spiro atoms. The number of aliphatic hydroxyl groups excluding tert-OH is 1. The number of aryl methyl sites for hydroxylation is 2. The van der Waals surface area contributed by atoms with E-state index in [4.69, 9.17) is 9.47 Å². The molecule has 82 valence electrons. The Morgan fingerprint density at radius 3 is 2.47 bits per heavy atom. The van der Waals surface area contributed by atoms with Gasteiger partial charge in [0.1, 0.15) is 6.61 Å². The third-order valence-corrected chi connectivity index (χ3v) is 2.71. The number of rotatable bonds is 1. The molecule has 1 N–H and O–H groups in total. The largest absolute Gasteiger partial charge is 0.485 e. The monoisotopic (exact) mass is 208 g/mol. The van der Waals surface area contributed by atoms with Gasteiger partial charge in [0.25, 0.3) is 0 Å². The first kappa shape index (κ1) is 10.3. The van der Waals surface area contributed by atoms with Crippen LogP contribution in [0.3, 0.4) is 0 Å². The quantitative estimate of drug-likeness (QED) is 0.765. The van der Waals surface area contributed by atoms with Crippen molar-refractivity contribution in [3.05, 3.63) is 23.3 Å². The molecule has 0 saturated carbocycles. The second kappa shape index (κ2) is 3.42. The first-order chi connectivity index (χ1) is 7.06. The third-order valence-electron chi connectivity index (χ3n) is 2.71. The van der Waals surface area contributed by atoms with Crippen LogP contribution in [0.2, 0.25) is 0 Å². The molecule has 1 aromatic rings. The van der Waals surface area contributed by atoms with Gasteiger partial charge in [-0.05, 0) is 31.9 Å². The van der Waals surface area contributed by atoms with Gasteiger partial charge in [-0.1, -0.05) is 12.1 Å². The average Bonchev–Trinajstić information content (AvgIpc) is 2.24. The van der Waals surface area contributed by atoms with E-state index in [1.165, 1.54) is 0 Å². The Kier molecular flexibility index (Phi) is 2.35. The molecule has 1 heterocycles. The zero-order valence-corrected chi connectivity index (χ0v) is 9.33. The predicted octanol–water partition coefficient (Wildman–Crippen LogP) is 1.83. The van der Waals surface area contributed by atoms with Crippen molar-refractivity contribution in [3.63, 3.8) is 0 Å². The van der Waals surface area contributed by atoms with Gasteiger partial charge in [-0.15, -0.1) is 0 Å². The van der Waals surface area contributed by atoms with Crippen LogP contribution >= 0.6 is 0 Å². The maximum atomic E-state index is 9.23. The van der Waals surface area contributed by atoms with Crippen LogP contribution in [0.25, 0.3) is 0 Å². The fourth-order valence-electron chi connectivity index (χ4n) is 1.64. The summed E-state index contributed by atoms with van der Waals surface area (Å²) in [6.07, 6.45) is 0. The van der Waals surface area contributed by atoms with E-state index < -0.39 is 5.60 Å². The standard InChI is InChI=1S/C12H16O3/c1-8-4-5-9(2)11-10(8)14-7-12(3,6-13)15-11/h4-5,13H,6-7H2,1-3H3/t12-/m1/s1. The summed E-state index contributed by atoms with van der Waals surface area (Å²) in [5, 5.41) is 9.23. The van der Waals surface area contributed by atoms with Crippen molar-refractivity contribution in [2.75, 3.05) is 13.2 Å². The minimum Gasteiger partial charge on any atom is -0.485 e. The van der Waals surface area contributed by atoms with E-state index in [0.717, 1.165) is 22.6 Å². The maximum Gasteiger partial charge on any atom is 0.165 e. The average molecular weight is 208 g/mol. The summed E-state index contributed by atoms with van der Waals surface area (Å²) < 4.78 is 11.5. The zero-order valence-electron chi connectivity index (χ0n) is 9.33. The first-order valence-corrected chi connectivity index (χ1v) is 5.09. The smallest absolute Gasteiger partial charge is 0.165 e. The molecule has 3 heteroatoms. The van der Waals surface area contributed by atoms with Gasteiger partial charge >= 0.3 is 0 Å². The maximum absolute atomic E-state index is 9.23. The molecule has 0 amide bonds. The molecule has 0 fully saturated rings. The minimum atomic E-state index is -0.619. The van der Waals surface area contributed by atoms with Crippen LogP contribution in [0.4, 0.5) is 0 Å². The van der Waals surface area contributed by atoms with Gasteiger partial charge in [0.2, 0.25) is 0 Å². The first-order valence-electron chi connectivity index (χ1n) is 5.09. The number of aliphatic hydroxyl groups is 1. The van der Waals surface area contributed by atoms with E-state index in [9.17, 15) is 5.11 Å². The molecule has 0 aliphatic carbocycles.